The Bertz CT molecular complexity index is 1030. The molecule has 0 spiro atoms. The van der Waals surface area contributed by atoms with Crippen molar-refractivity contribution in [3.05, 3.63) is 71.5 Å². The van der Waals surface area contributed by atoms with Crippen LogP contribution in [0.4, 0.5) is 16.2 Å². The minimum atomic E-state index is -0.434. The Morgan fingerprint density at radius 1 is 0.867 bits per heavy atom. The van der Waals surface area contributed by atoms with Crippen LogP contribution in [0.1, 0.15) is 17.0 Å². The van der Waals surface area contributed by atoms with Gasteiger partial charge < -0.3 is 16.0 Å². The number of anilines is 2. The van der Waals surface area contributed by atoms with Crippen LogP contribution >= 0.6 is 11.8 Å². The molecule has 8 heteroatoms. The summed E-state index contributed by atoms with van der Waals surface area (Å²) in [7, 11) is 0. The molecule has 1 heterocycles. The highest BCUT2D eigenvalue weighted by atomic mass is 32.2. The molecule has 0 fully saturated rings. The minimum Gasteiger partial charge on any atom is -0.329 e. The summed E-state index contributed by atoms with van der Waals surface area (Å²) in [6.45, 7) is 5.68. The van der Waals surface area contributed by atoms with E-state index in [1.165, 1.54) is 11.8 Å². The Labute approximate surface area is 179 Å². The minimum absolute atomic E-state index is 0.134. The van der Waals surface area contributed by atoms with Gasteiger partial charge in [-0.1, -0.05) is 12.1 Å². The van der Waals surface area contributed by atoms with Crippen LogP contribution in [0.5, 0.6) is 0 Å². The highest BCUT2D eigenvalue weighted by Gasteiger charge is 2.07. The van der Waals surface area contributed by atoms with Crippen molar-refractivity contribution in [1.29, 1.82) is 0 Å². The number of benzene rings is 2. The first-order valence-electron chi connectivity index (χ1n) is 9.39. The molecule has 0 aliphatic rings. The topological polar surface area (TPSA) is 96.0 Å². The fourth-order valence-electron chi connectivity index (χ4n) is 2.71. The number of nitrogens with zero attached hydrogens (tertiary/aromatic N) is 2. The third-order valence-electron chi connectivity index (χ3n) is 3.99. The van der Waals surface area contributed by atoms with Crippen molar-refractivity contribution in [1.82, 2.24) is 15.3 Å². The van der Waals surface area contributed by atoms with Crippen LogP contribution in [-0.4, -0.2) is 28.5 Å². The molecule has 0 saturated carbocycles. The molecule has 0 bridgehead atoms. The van der Waals surface area contributed by atoms with E-state index in [0.29, 0.717) is 16.5 Å². The fraction of sp³-hybridized carbons (Fsp3) is 0.182. The van der Waals surface area contributed by atoms with Crippen LogP contribution in [0, 0.1) is 20.8 Å². The number of urea groups is 1. The molecule has 3 amide bonds. The molecule has 154 valence electrons. The van der Waals surface area contributed by atoms with Gasteiger partial charge in [-0.15, -0.1) is 0 Å². The molecular weight excluding hydrogens is 398 g/mol. The summed E-state index contributed by atoms with van der Waals surface area (Å²) in [6, 6.07) is 16.3. The van der Waals surface area contributed by atoms with E-state index in [2.05, 4.69) is 25.9 Å². The molecule has 30 heavy (non-hydrogen) atoms. The lowest BCUT2D eigenvalue weighted by atomic mass is 10.2. The Balaban J connectivity index is 1.47. The van der Waals surface area contributed by atoms with Crippen molar-refractivity contribution in [2.45, 2.75) is 30.8 Å². The van der Waals surface area contributed by atoms with Gasteiger partial charge in [0.1, 0.15) is 0 Å². The molecule has 0 unspecified atom stereocenters. The quantitative estimate of drug-likeness (QED) is 0.515. The third kappa shape index (κ3) is 6.59. The zero-order chi connectivity index (χ0) is 21.5. The van der Waals surface area contributed by atoms with E-state index >= 15 is 0 Å². The van der Waals surface area contributed by atoms with Crippen LogP contribution in [0.2, 0.25) is 0 Å². The third-order valence-corrected chi connectivity index (χ3v) is 4.87. The second kappa shape index (κ2) is 9.89. The van der Waals surface area contributed by atoms with Gasteiger partial charge in [0.2, 0.25) is 5.91 Å². The van der Waals surface area contributed by atoms with E-state index in [9.17, 15) is 9.59 Å². The maximum atomic E-state index is 12.1. The van der Waals surface area contributed by atoms with Gasteiger partial charge in [0.15, 0.2) is 5.16 Å². The molecule has 7 nitrogen and oxygen atoms in total. The molecule has 0 aliphatic heterocycles. The van der Waals surface area contributed by atoms with Crippen molar-refractivity contribution >= 4 is 35.1 Å². The molecule has 3 rings (SSSR count). The lowest BCUT2D eigenvalue weighted by Crippen LogP contribution is -2.35. The molecule has 2 aromatic carbocycles. The average molecular weight is 422 g/mol. The normalized spacial score (nSPS) is 10.4. The van der Waals surface area contributed by atoms with Gasteiger partial charge in [0, 0.05) is 27.7 Å². The van der Waals surface area contributed by atoms with E-state index in [-0.39, 0.29) is 12.5 Å². The molecule has 1 aromatic heterocycles. The Morgan fingerprint density at radius 3 is 2.23 bits per heavy atom. The summed E-state index contributed by atoms with van der Waals surface area (Å²) < 4.78 is 0. The number of hydrogen-bond donors (Lipinski definition) is 3. The predicted molar refractivity (Wildman–Crippen MR) is 119 cm³/mol. The molecule has 0 atom stereocenters. The summed E-state index contributed by atoms with van der Waals surface area (Å²) in [4.78, 5) is 33.8. The zero-order valence-electron chi connectivity index (χ0n) is 17.0. The molecular formula is C22H23N5O2S. The van der Waals surface area contributed by atoms with Gasteiger partial charge in [0.25, 0.3) is 0 Å². The standard InChI is InChI=1S/C22H23N5O2S/c1-14-5-4-6-18(11-14)27-21(29)23-13-20(28)26-17-7-9-19(10-8-17)30-22-24-15(2)12-16(3)25-22/h4-12H,13H2,1-3H3,(H,26,28)(H2,23,27,29). The van der Waals surface area contributed by atoms with Gasteiger partial charge in [-0.3, -0.25) is 4.79 Å². The molecule has 0 saturated heterocycles. The lowest BCUT2D eigenvalue weighted by Gasteiger charge is -2.09. The highest BCUT2D eigenvalue weighted by Crippen LogP contribution is 2.26. The Hall–Kier alpha value is -3.39. The number of nitrogens with one attached hydrogen (secondary N) is 3. The summed E-state index contributed by atoms with van der Waals surface area (Å²) >= 11 is 1.46. The Kier molecular flexibility index (Phi) is 7.03. The smallest absolute Gasteiger partial charge is 0.319 e. The van der Waals surface area contributed by atoms with Crippen molar-refractivity contribution in [2.75, 3.05) is 17.2 Å². The number of rotatable bonds is 6. The van der Waals surface area contributed by atoms with Crippen LogP contribution in [0.3, 0.4) is 0 Å². The van der Waals surface area contributed by atoms with Gasteiger partial charge >= 0.3 is 6.03 Å². The van der Waals surface area contributed by atoms with Crippen LogP contribution in [-0.2, 0) is 4.79 Å². The maximum absolute atomic E-state index is 12.1. The van der Waals surface area contributed by atoms with Gasteiger partial charge in [0.05, 0.1) is 6.54 Å². The first-order valence-corrected chi connectivity index (χ1v) is 10.2. The SMILES string of the molecule is Cc1cccc(NC(=O)NCC(=O)Nc2ccc(Sc3nc(C)cc(C)n3)cc2)c1. The van der Waals surface area contributed by atoms with Gasteiger partial charge in [-0.05, 0) is 80.6 Å². The first kappa shape index (κ1) is 21.3. The molecule has 3 N–H and O–H groups in total. The van der Waals surface area contributed by atoms with Crippen molar-refractivity contribution < 1.29 is 9.59 Å². The van der Waals surface area contributed by atoms with Crippen LogP contribution in [0.15, 0.2) is 64.6 Å². The zero-order valence-corrected chi connectivity index (χ0v) is 17.8. The van der Waals surface area contributed by atoms with E-state index in [4.69, 9.17) is 0 Å². The number of amides is 3. The van der Waals surface area contributed by atoms with Crippen molar-refractivity contribution in [3.63, 3.8) is 0 Å². The molecule has 0 radical (unpaired) electrons. The number of aromatic nitrogens is 2. The maximum Gasteiger partial charge on any atom is 0.319 e. The fourth-order valence-corrected chi connectivity index (χ4v) is 3.58. The molecule has 3 aromatic rings. The summed E-state index contributed by atoms with van der Waals surface area (Å²) in [5, 5.41) is 8.68. The van der Waals surface area contributed by atoms with Gasteiger partial charge in [-0.2, -0.15) is 0 Å². The largest absolute Gasteiger partial charge is 0.329 e. The molecule has 0 aliphatic carbocycles. The number of carbonyl (C=O) groups excluding carboxylic acids is 2. The number of hydrogen-bond acceptors (Lipinski definition) is 5. The van der Waals surface area contributed by atoms with Crippen LogP contribution < -0.4 is 16.0 Å². The predicted octanol–water partition coefficient (Wildman–Crippen LogP) is 4.31. The second-order valence-corrected chi connectivity index (χ2v) is 7.83. The van der Waals surface area contributed by atoms with E-state index in [1.54, 1.807) is 18.2 Å². The number of aryl methyl sites for hydroxylation is 3. The summed E-state index contributed by atoms with van der Waals surface area (Å²) in [6.07, 6.45) is 0. The van der Waals surface area contributed by atoms with E-state index in [0.717, 1.165) is 21.8 Å². The van der Waals surface area contributed by atoms with Crippen LogP contribution in [0.25, 0.3) is 0 Å². The highest BCUT2D eigenvalue weighted by molar-refractivity contribution is 7.99. The lowest BCUT2D eigenvalue weighted by molar-refractivity contribution is -0.115. The van der Waals surface area contributed by atoms with Crippen molar-refractivity contribution in [3.8, 4) is 0 Å². The number of carbonyl (C=O) groups is 2. The summed E-state index contributed by atoms with van der Waals surface area (Å²) in [5.74, 6) is -0.313. The first-order chi connectivity index (χ1) is 14.4. The van der Waals surface area contributed by atoms with Gasteiger partial charge in [-0.25, -0.2) is 14.8 Å². The monoisotopic (exact) mass is 421 g/mol. The average Bonchev–Trinajstić information content (AvgIpc) is 2.67. The second-order valence-electron chi connectivity index (χ2n) is 6.79. The van der Waals surface area contributed by atoms with Crippen molar-refractivity contribution in [2.24, 2.45) is 0 Å². The van der Waals surface area contributed by atoms with E-state index in [1.807, 2.05) is 57.2 Å². The summed E-state index contributed by atoms with van der Waals surface area (Å²) in [5.41, 5.74) is 4.21. The Morgan fingerprint density at radius 2 is 1.57 bits per heavy atom. The van der Waals surface area contributed by atoms with E-state index < -0.39 is 6.03 Å².